The minimum atomic E-state index is -0.668. The zero-order valence-electron chi connectivity index (χ0n) is 17.1. The molecule has 0 saturated carbocycles. The molecule has 0 aliphatic heterocycles. The van der Waals surface area contributed by atoms with Gasteiger partial charge in [-0.1, -0.05) is 24.3 Å². The number of para-hydroxylation sites is 1. The molecule has 6 nitrogen and oxygen atoms in total. The summed E-state index contributed by atoms with van der Waals surface area (Å²) in [6.45, 7) is 3.74. The topological polar surface area (TPSA) is 64.9 Å². The summed E-state index contributed by atoms with van der Waals surface area (Å²) in [5.74, 6) is 0.944. The fourth-order valence-corrected chi connectivity index (χ4v) is 3.25. The summed E-state index contributed by atoms with van der Waals surface area (Å²) < 4.78 is 13.1. The molecule has 0 fully saturated rings. The van der Waals surface area contributed by atoms with Gasteiger partial charge in [-0.25, -0.2) is 4.98 Å². The number of benzene rings is 2. The van der Waals surface area contributed by atoms with Gasteiger partial charge in [0.15, 0.2) is 6.10 Å². The lowest BCUT2D eigenvalue weighted by molar-refractivity contribution is -0.122. The van der Waals surface area contributed by atoms with Gasteiger partial charge in [0.05, 0.1) is 18.5 Å². The number of nitrogens with one attached hydrogen (secondary N) is 1. The molecule has 152 valence electrons. The van der Waals surface area contributed by atoms with Crippen LogP contribution in [0.3, 0.4) is 0 Å². The maximum Gasteiger partial charge on any atom is 0.265 e. The minimum absolute atomic E-state index is 0.264. The Morgan fingerprint density at radius 3 is 2.63 bits per heavy atom. The number of ether oxygens (including phenoxy) is 2. The zero-order chi connectivity index (χ0) is 21.1. The van der Waals surface area contributed by atoms with Crippen LogP contribution in [0.2, 0.25) is 0 Å². The molecule has 2 heterocycles. The molecular formula is C24H23N3O3. The monoisotopic (exact) mass is 401 g/mol. The molecule has 2 aromatic heterocycles. The molecule has 6 heteroatoms. The van der Waals surface area contributed by atoms with Gasteiger partial charge in [0, 0.05) is 18.0 Å². The molecular weight excluding hydrogens is 378 g/mol. The van der Waals surface area contributed by atoms with Crippen molar-refractivity contribution < 1.29 is 14.3 Å². The van der Waals surface area contributed by atoms with Gasteiger partial charge in [-0.3, -0.25) is 4.79 Å². The number of nitrogens with zero attached hydrogens (tertiary/aromatic N) is 2. The zero-order valence-corrected chi connectivity index (χ0v) is 17.1. The molecule has 1 atom stereocenters. The SMILES string of the molecule is COc1ccc(-c2cn3cccc(C)c3n2)cc1NC(=O)C(C)Oc1ccccc1. The summed E-state index contributed by atoms with van der Waals surface area (Å²) in [7, 11) is 1.57. The van der Waals surface area contributed by atoms with E-state index in [-0.39, 0.29) is 5.91 Å². The Morgan fingerprint density at radius 1 is 1.10 bits per heavy atom. The Balaban J connectivity index is 1.59. The van der Waals surface area contributed by atoms with Gasteiger partial charge in [-0.15, -0.1) is 0 Å². The molecule has 0 saturated heterocycles. The molecule has 0 spiro atoms. The van der Waals surface area contributed by atoms with Gasteiger partial charge in [0.2, 0.25) is 0 Å². The lowest BCUT2D eigenvalue weighted by atomic mass is 10.1. The van der Waals surface area contributed by atoms with Crippen LogP contribution in [0.1, 0.15) is 12.5 Å². The van der Waals surface area contributed by atoms with Crippen molar-refractivity contribution in [1.82, 2.24) is 9.38 Å². The predicted molar refractivity (Wildman–Crippen MR) is 117 cm³/mol. The second-order valence-electron chi connectivity index (χ2n) is 7.03. The standard InChI is InChI=1S/C24H23N3O3/c1-16-8-7-13-27-15-21(25-23(16)27)18-11-12-22(29-3)20(14-18)26-24(28)17(2)30-19-9-5-4-6-10-19/h4-15,17H,1-3H3,(H,26,28). The molecule has 0 aliphatic carbocycles. The van der Waals surface area contributed by atoms with Gasteiger partial charge < -0.3 is 19.2 Å². The highest BCUT2D eigenvalue weighted by Gasteiger charge is 2.18. The van der Waals surface area contributed by atoms with Gasteiger partial charge in [0.25, 0.3) is 5.91 Å². The highest BCUT2D eigenvalue weighted by molar-refractivity contribution is 5.96. The summed E-state index contributed by atoms with van der Waals surface area (Å²) in [6, 6.07) is 18.9. The van der Waals surface area contributed by atoms with E-state index in [0.717, 1.165) is 22.5 Å². The third-order valence-corrected chi connectivity index (χ3v) is 4.86. The molecule has 1 unspecified atom stereocenters. The van der Waals surface area contributed by atoms with Crippen LogP contribution in [0.25, 0.3) is 16.9 Å². The van der Waals surface area contributed by atoms with Crippen LogP contribution in [-0.4, -0.2) is 28.5 Å². The number of hydrogen-bond donors (Lipinski definition) is 1. The number of anilines is 1. The van der Waals surface area contributed by atoms with Crippen molar-refractivity contribution in [3.63, 3.8) is 0 Å². The van der Waals surface area contributed by atoms with E-state index in [2.05, 4.69) is 5.32 Å². The number of methoxy groups -OCH3 is 1. The van der Waals surface area contributed by atoms with Crippen LogP contribution in [0.15, 0.2) is 73.1 Å². The van der Waals surface area contributed by atoms with Crippen LogP contribution in [0.4, 0.5) is 5.69 Å². The van der Waals surface area contributed by atoms with Crippen molar-refractivity contribution in [3.05, 3.63) is 78.6 Å². The summed E-state index contributed by atoms with van der Waals surface area (Å²) in [6.07, 6.45) is 3.27. The first-order chi connectivity index (χ1) is 14.5. The van der Waals surface area contributed by atoms with Gasteiger partial charge >= 0.3 is 0 Å². The molecule has 0 radical (unpaired) electrons. The molecule has 0 bridgehead atoms. The van der Waals surface area contributed by atoms with Gasteiger partial charge in [-0.05, 0) is 55.8 Å². The average Bonchev–Trinajstić information content (AvgIpc) is 3.20. The molecule has 1 N–H and O–H groups in total. The van der Waals surface area contributed by atoms with Crippen LogP contribution in [-0.2, 0) is 4.79 Å². The highest BCUT2D eigenvalue weighted by atomic mass is 16.5. The maximum absolute atomic E-state index is 12.7. The average molecular weight is 401 g/mol. The first-order valence-corrected chi connectivity index (χ1v) is 9.70. The maximum atomic E-state index is 12.7. The first kappa shape index (κ1) is 19.5. The lowest BCUT2D eigenvalue weighted by Gasteiger charge is -2.16. The second-order valence-corrected chi connectivity index (χ2v) is 7.03. The second kappa shape index (κ2) is 8.29. The lowest BCUT2D eigenvalue weighted by Crippen LogP contribution is -2.30. The van der Waals surface area contributed by atoms with E-state index in [1.54, 1.807) is 14.0 Å². The van der Waals surface area contributed by atoms with Crippen molar-refractivity contribution in [2.75, 3.05) is 12.4 Å². The third kappa shape index (κ3) is 3.98. The number of pyridine rings is 1. The molecule has 1 amide bonds. The number of fused-ring (bicyclic) bond motifs is 1. The predicted octanol–water partition coefficient (Wildman–Crippen LogP) is 4.72. The van der Waals surface area contributed by atoms with E-state index in [1.807, 2.05) is 84.4 Å². The molecule has 30 heavy (non-hydrogen) atoms. The summed E-state index contributed by atoms with van der Waals surface area (Å²) in [5.41, 5.74) is 4.26. The van der Waals surface area contributed by atoms with Crippen LogP contribution >= 0.6 is 0 Å². The quantitative estimate of drug-likeness (QED) is 0.508. The smallest absolute Gasteiger partial charge is 0.265 e. The fourth-order valence-electron chi connectivity index (χ4n) is 3.25. The van der Waals surface area contributed by atoms with E-state index in [9.17, 15) is 4.79 Å². The summed E-state index contributed by atoms with van der Waals surface area (Å²) in [4.78, 5) is 17.4. The van der Waals surface area contributed by atoms with Crippen LogP contribution < -0.4 is 14.8 Å². The van der Waals surface area contributed by atoms with Gasteiger partial charge in [-0.2, -0.15) is 0 Å². The number of aromatic nitrogens is 2. The van der Waals surface area contributed by atoms with E-state index < -0.39 is 6.10 Å². The van der Waals surface area contributed by atoms with E-state index >= 15 is 0 Å². The van der Waals surface area contributed by atoms with E-state index in [0.29, 0.717) is 17.2 Å². The number of amides is 1. The summed E-state index contributed by atoms with van der Waals surface area (Å²) >= 11 is 0. The molecule has 2 aromatic carbocycles. The van der Waals surface area contributed by atoms with Crippen molar-refractivity contribution in [2.24, 2.45) is 0 Å². The minimum Gasteiger partial charge on any atom is -0.495 e. The Morgan fingerprint density at radius 2 is 1.90 bits per heavy atom. The molecule has 0 aliphatic rings. The normalized spacial score (nSPS) is 11.8. The van der Waals surface area contributed by atoms with Crippen molar-refractivity contribution in [3.8, 4) is 22.8 Å². The number of imidazole rings is 1. The first-order valence-electron chi connectivity index (χ1n) is 9.70. The third-order valence-electron chi connectivity index (χ3n) is 4.86. The van der Waals surface area contributed by atoms with Crippen LogP contribution in [0, 0.1) is 6.92 Å². The Bertz CT molecular complexity index is 1190. The Hall–Kier alpha value is -3.80. The summed E-state index contributed by atoms with van der Waals surface area (Å²) in [5, 5.41) is 2.91. The van der Waals surface area contributed by atoms with Crippen molar-refractivity contribution >= 4 is 17.2 Å². The van der Waals surface area contributed by atoms with E-state index in [4.69, 9.17) is 14.5 Å². The number of hydrogen-bond acceptors (Lipinski definition) is 4. The number of aryl methyl sites for hydroxylation is 1. The largest absolute Gasteiger partial charge is 0.495 e. The Labute approximate surface area is 175 Å². The van der Waals surface area contributed by atoms with Crippen molar-refractivity contribution in [1.29, 1.82) is 0 Å². The van der Waals surface area contributed by atoms with Crippen molar-refractivity contribution in [2.45, 2.75) is 20.0 Å². The molecule has 4 rings (SSSR count). The number of rotatable bonds is 6. The highest BCUT2D eigenvalue weighted by Crippen LogP contribution is 2.31. The number of carbonyl (C=O) groups is 1. The van der Waals surface area contributed by atoms with Crippen LogP contribution in [0.5, 0.6) is 11.5 Å². The van der Waals surface area contributed by atoms with Gasteiger partial charge in [0.1, 0.15) is 17.1 Å². The number of carbonyl (C=O) groups excluding carboxylic acids is 1. The van der Waals surface area contributed by atoms with E-state index in [1.165, 1.54) is 0 Å². The fraction of sp³-hybridized carbons (Fsp3) is 0.167. The molecule has 4 aromatic rings. The Kier molecular flexibility index (Phi) is 5.39.